The summed E-state index contributed by atoms with van der Waals surface area (Å²) in [5, 5.41) is 107. The molecular weight excluding hydrogens is 901 g/mol. The van der Waals surface area contributed by atoms with Gasteiger partial charge in [0.05, 0.1) is 48.7 Å². The molecule has 6 aliphatic carbocycles. The highest BCUT2D eigenvalue weighted by atomic mass is 16.7. The fourth-order valence-electron chi connectivity index (χ4n) is 18.3. The van der Waals surface area contributed by atoms with Gasteiger partial charge in [0.1, 0.15) is 18.3 Å². The summed E-state index contributed by atoms with van der Waals surface area (Å²) in [7, 11) is 0. The first-order chi connectivity index (χ1) is 33.1. The molecule has 1 amide bonds. The number of H-pyrrole nitrogens is 1. The number of carboxylic acids is 1. The largest absolute Gasteiger partial charge is 0.481 e. The van der Waals surface area contributed by atoms with Gasteiger partial charge >= 0.3 is 5.97 Å². The number of carboxylic acid groups (broad SMARTS) is 1. The summed E-state index contributed by atoms with van der Waals surface area (Å²) in [6.07, 6.45) is 3.59. The number of ether oxygens (including phenoxy) is 2. The monoisotopic (exact) mass is 985 g/mol. The van der Waals surface area contributed by atoms with Crippen molar-refractivity contribution in [2.75, 3.05) is 33.0 Å². The topological polar surface area (TPSA) is 301 Å². The standard InChI is InChI=1S/C53H84N4O13/c1-47(26-60)16-17-53(46(67)68)28(23-58)20-49(3)30(33(53)21-47)10-11-36-48(49,2)15-12-37-50(36,4)32(40(63)43(51(37,5)38(62)24-59)70-44-42(65)41(64)35(61)25-69-44)19-31-39(57-45(66)52(31)13-6-7-14-52)29(9-8-18-54)34-22-55-27-56-34/h10,22,27-29,31-33,35-44,58-65H,6-9,11-21,23-26,54H2,1-5H3,(H,55,56)(H,57,66)(H,67,68). The summed E-state index contributed by atoms with van der Waals surface area (Å²) in [6, 6.07) is -0.368. The summed E-state index contributed by atoms with van der Waals surface area (Å²) < 4.78 is 12.6. The first-order valence-corrected chi connectivity index (χ1v) is 26.6. The van der Waals surface area contributed by atoms with Crippen LogP contribution in [-0.4, -0.2) is 150 Å². The molecule has 21 atom stereocenters. The minimum absolute atomic E-state index is 0.00311. The predicted molar refractivity (Wildman–Crippen MR) is 255 cm³/mol. The van der Waals surface area contributed by atoms with Crippen LogP contribution in [0.15, 0.2) is 24.2 Å². The zero-order valence-corrected chi connectivity index (χ0v) is 42.0. The summed E-state index contributed by atoms with van der Waals surface area (Å²) >= 11 is 0. The van der Waals surface area contributed by atoms with Crippen molar-refractivity contribution in [1.29, 1.82) is 0 Å². The Morgan fingerprint density at radius 1 is 0.957 bits per heavy atom. The third kappa shape index (κ3) is 7.34. The van der Waals surface area contributed by atoms with Crippen molar-refractivity contribution < 1.29 is 65.0 Å². The smallest absolute Gasteiger partial charge is 0.310 e. The molecule has 0 radical (unpaired) electrons. The van der Waals surface area contributed by atoms with E-state index in [-0.39, 0.29) is 49.5 Å². The Kier molecular flexibility index (Phi) is 14.0. The fraction of sp³-hybridized carbons (Fsp3) is 0.868. The number of nitrogens with zero attached hydrogens (tertiary/aromatic N) is 1. The quantitative estimate of drug-likeness (QED) is 0.0943. The maximum atomic E-state index is 14.8. The van der Waals surface area contributed by atoms with Gasteiger partial charge in [0.25, 0.3) is 0 Å². The molecule has 5 saturated carbocycles. The Labute approximate surface area is 412 Å². The van der Waals surface area contributed by atoms with Gasteiger partial charge in [0.2, 0.25) is 5.91 Å². The van der Waals surface area contributed by atoms with Crippen molar-refractivity contribution in [2.45, 2.75) is 179 Å². The van der Waals surface area contributed by atoms with Crippen LogP contribution in [0, 0.1) is 73.4 Å². The van der Waals surface area contributed by atoms with Crippen molar-refractivity contribution in [2.24, 2.45) is 79.1 Å². The molecule has 1 spiro atoms. The highest BCUT2D eigenvalue weighted by molar-refractivity contribution is 5.86. The number of amides is 1. The SMILES string of the molecule is CC1(CO)CCC2(C(=O)O)C(CO)CC3(C)C(=CCC4C5(C)C(CC6C(C(CCCN)c7cnc[nH]7)NC(=O)C67CCCC7)C(O)C(OC6OCC(O)C(O)C6O)C(C)(C(O)CO)C5CCC43C)C2C1. The highest BCUT2D eigenvalue weighted by Gasteiger charge is 2.76. The molecule has 9 rings (SSSR count). The molecule has 2 aliphatic heterocycles. The number of aliphatic hydroxyl groups excluding tert-OH is 8. The Balaban J connectivity index is 1.23. The van der Waals surface area contributed by atoms with E-state index in [2.05, 4.69) is 42.1 Å². The van der Waals surface area contributed by atoms with Crippen LogP contribution in [-0.2, 0) is 19.1 Å². The average molecular weight is 985 g/mol. The van der Waals surface area contributed by atoms with Crippen LogP contribution in [0.2, 0.25) is 0 Å². The van der Waals surface area contributed by atoms with Gasteiger partial charge in [-0.3, -0.25) is 9.59 Å². The molecule has 17 heteroatoms. The minimum atomic E-state index is -1.70. The maximum absolute atomic E-state index is 14.8. The van der Waals surface area contributed by atoms with E-state index in [0.717, 1.165) is 24.1 Å². The molecule has 7 fully saturated rings. The van der Waals surface area contributed by atoms with E-state index >= 15 is 0 Å². The van der Waals surface area contributed by atoms with Gasteiger partial charge < -0.3 is 71.5 Å². The molecule has 8 aliphatic rings. The van der Waals surface area contributed by atoms with Crippen molar-refractivity contribution in [3.8, 4) is 0 Å². The van der Waals surface area contributed by atoms with Crippen LogP contribution < -0.4 is 11.1 Å². The second-order valence-corrected chi connectivity index (χ2v) is 25.0. The molecule has 21 unspecified atom stereocenters. The third-order valence-electron chi connectivity index (χ3n) is 22.4. The maximum Gasteiger partial charge on any atom is 0.310 e. The van der Waals surface area contributed by atoms with Crippen molar-refractivity contribution >= 4 is 11.9 Å². The number of aliphatic carboxylic acids is 1. The predicted octanol–water partition coefficient (Wildman–Crippen LogP) is 2.73. The third-order valence-corrected chi connectivity index (χ3v) is 22.4. The molecular formula is C53H84N4O13. The lowest BCUT2D eigenvalue weighted by atomic mass is 9.30. The number of rotatable bonds is 14. The first kappa shape index (κ1) is 52.3. The molecule has 70 heavy (non-hydrogen) atoms. The molecule has 1 aromatic rings. The lowest BCUT2D eigenvalue weighted by molar-refractivity contribution is -0.348. The van der Waals surface area contributed by atoms with Crippen molar-refractivity contribution in [3.05, 3.63) is 29.9 Å². The van der Waals surface area contributed by atoms with E-state index in [1.54, 1.807) is 12.5 Å². The van der Waals surface area contributed by atoms with Crippen LogP contribution in [0.5, 0.6) is 0 Å². The number of aromatic amines is 1. The molecule has 3 heterocycles. The summed E-state index contributed by atoms with van der Waals surface area (Å²) in [6.45, 7) is 9.67. The Bertz CT molecular complexity index is 2110. The number of hydrogen-bond donors (Lipinski definition) is 12. The second-order valence-electron chi connectivity index (χ2n) is 25.0. The van der Waals surface area contributed by atoms with Crippen LogP contribution in [0.3, 0.4) is 0 Å². The first-order valence-electron chi connectivity index (χ1n) is 26.6. The fourth-order valence-corrected chi connectivity index (χ4v) is 18.3. The van der Waals surface area contributed by atoms with Gasteiger partial charge in [-0.05, 0) is 141 Å². The molecule has 0 aromatic carbocycles. The molecule has 2 saturated heterocycles. The number of carbonyl (C=O) groups excluding carboxylic acids is 1. The number of aromatic nitrogens is 2. The minimum Gasteiger partial charge on any atom is -0.481 e. The van der Waals surface area contributed by atoms with E-state index in [4.69, 9.17) is 15.2 Å². The lowest BCUT2D eigenvalue weighted by Gasteiger charge is -2.74. The van der Waals surface area contributed by atoms with E-state index in [0.29, 0.717) is 83.6 Å². The summed E-state index contributed by atoms with van der Waals surface area (Å²) in [4.78, 5) is 36.3. The molecule has 0 bridgehead atoms. The van der Waals surface area contributed by atoms with Crippen LogP contribution >= 0.6 is 0 Å². The zero-order valence-electron chi connectivity index (χ0n) is 42.0. The average Bonchev–Trinajstić information content (AvgIpc) is 4.11. The molecule has 13 N–H and O–H groups in total. The Hall–Kier alpha value is -2.55. The number of imidazole rings is 1. The zero-order chi connectivity index (χ0) is 50.6. The van der Waals surface area contributed by atoms with Crippen molar-refractivity contribution in [3.63, 3.8) is 0 Å². The number of hydrogen-bond acceptors (Lipinski definition) is 14. The number of nitrogens with one attached hydrogen (secondary N) is 2. The number of allylic oxidation sites excluding steroid dienone is 2. The lowest BCUT2D eigenvalue weighted by Crippen LogP contribution is -2.74. The summed E-state index contributed by atoms with van der Waals surface area (Å²) in [5.74, 6) is -3.73. The number of nitrogens with two attached hydrogens (primary N) is 1. The van der Waals surface area contributed by atoms with E-state index in [1.807, 2.05) is 13.8 Å². The number of aliphatic hydroxyl groups is 8. The van der Waals surface area contributed by atoms with Gasteiger partial charge in [0.15, 0.2) is 6.29 Å². The van der Waals surface area contributed by atoms with E-state index < -0.39 is 117 Å². The van der Waals surface area contributed by atoms with Crippen molar-refractivity contribution in [1.82, 2.24) is 15.3 Å². The molecule has 394 valence electrons. The van der Waals surface area contributed by atoms with Crippen LogP contribution in [0.4, 0.5) is 0 Å². The van der Waals surface area contributed by atoms with Gasteiger partial charge in [-0.1, -0.05) is 59.1 Å². The molecule has 17 nitrogen and oxygen atoms in total. The van der Waals surface area contributed by atoms with Gasteiger partial charge in [-0.25, -0.2) is 4.98 Å². The van der Waals surface area contributed by atoms with Gasteiger partial charge in [-0.15, -0.1) is 0 Å². The van der Waals surface area contributed by atoms with E-state index in [1.165, 1.54) is 0 Å². The second kappa shape index (κ2) is 18.7. The van der Waals surface area contributed by atoms with Crippen LogP contribution in [0.25, 0.3) is 0 Å². The van der Waals surface area contributed by atoms with E-state index in [9.17, 15) is 55.5 Å². The Morgan fingerprint density at radius 2 is 1.69 bits per heavy atom. The normalized spacial score (nSPS) is 48.4. The van der Waals surface area contributed by atoms with Gasteiger partial charge in [0, 0.05) is 42.5 Å². The van der Waals surface area contributed by atoms with Gasteiger partial charge in [-0.2, -0.15) is 0 Å². The summed E-state index contributed by atoms with van der Waals surface area (Å²) in [5.41, 5.74) is 2.15. The number of carbonyl (C=O) groups is 2. The Morgan fingerprint density at radius 3 is 2.31 bits per heavy atom. The number of fused-ring (bicyclic) bond motifs is 7. The highest BCUT2D eigenvalue weighted by Crippen LogP contribution is 2.78. The van der Waals surface area contributed by atoms with Crippen LogP contribution in [0.1, 0.15) is 136 Å². The molecule has 1 aromatic heterocycles.